The molecule has 0 aliphatic rings. The van der Waals surface area contributed by atoms with Gasteiger partial charge in [-0.2, -0.15) is 0 Å². The molecule has 0 aromatic carbocycles. The standard InChI is InChI=1S/C13H15NO3S2/c1-13(2,5-3-11(15)16)14-12(17)10-7-9-8(19-10)4-6-18-9/h4,6-7H,3,5H2,1-2H3,(H,14,17)(H,15,16). The van der Waals surface area contributed by atoms with Gasteiger partial charge in [0.1, 0.15) is 0 Å². The molecule has 0 unspecified atom stereocenters. The Bertz CT molecular complexity index is 584. The molecule has 0 spiro atoms. The minimum atomic E-state index is -0.848. The van der Waals surface area contributed by atoms with Gasteiger partial charge in [-0.3, -0.25) is 9.59 Å². The molecule has 2 N–H and O–H groups in total. The number of aliphatic carboxylic acids is 1. The fraction of sp³-hybridized carbons (Fsp3) is 0.385. The van der Waals surface area contributed by atoms with Crippen LogP contribution in [0.25, 0.3) is 9.40 Å². The summed E-state index contributed by atoms with van der Waals surface area (Å²) in [4.78, 5) is 23.4. The fourth-order valence-corrected chi connectivity index (χ4v) is 3.73. The Hall–Kier alpha value is -1.40. The van der Waals surface area contributed by atoms with E-state index >= 15 is 0 Å². The monoisotopic (exact) mass is 297 g/mol. The van der Waals surface area contributed by atoms with Crippen molar-refractivity contribution in [2.24, 2.45) is 0 Å². The number of carbonyl (C=O) groups is 2. The molecule has 2 rings (SSSR count). The highest BCUT2D eigenvalue weighted by atomic mass is 32.1. The van der Waals surface area contributed by atoms with Gasteiger partial charge in [-0.1, -0.05) is 0 Å². The van der Waals surface area contributed by atoms with Crippen molar-refractivity contribution in [3.05, 3.63) is 22.4 Å². The van der Waals surface area contributed by atoms with E-state index in [-0.39, 0.29) is 12.3 Å². The fourth-order valence-electron chi connectivity index (χ4n) is 1.73. The van der Waals surface area contributed by atoms with Crippen molar-refractivity contribution in [1.29, 1.82) is 0 Å². The lowest BCUT2D eigenvalue weighted by atomic mass is 9.98. The lowest BCUT2D eigenvalue weighted by molar-refractivity contribution is -0.137. The highest BCUT2D eigenvalue weighted by molar-refractivity contribution is 7.27. The first-order valence-electron chi connectivity index (χ1n) is 5.89. The molecule has 0 aliphatic carbocycles. The third-order valence-corrected chi connectivity index (χ3v) is 4.87. The average Bonchev–Trinajstić information content (AvgIpc) is 2.85. The van der Waals surface area contributed by atoms with Crippen LogP contribution in [0.4, 0.5) is 0 Å². The number of thiophene rings is 2. The zero-order valence-electron chi connectivity index (χ0n) is 10.7. The highest BCUT2D eigenvalue weighted by Gasteiger charge is 2.23. The largest absolute Gasteiger partial charge is 0.481 e. The molecule has 2 aromatic rings. The van der Waals surface area contributed by atoms with Gasteiger partial charge in [0.2, 0.25) is 0 Å². The van der Waals surface area contributed by atoms with Gasteiger partial charge in [-0.15, -0.1) is 22.7 Å². The molecule has 0 fully saturated rings. The zero-order valence-corrected chi connectivity index (χ0v) is 12.4. The molecular formula is C13H15NO3S2. The number of amides is 1. The summed E-state index contributed by atoms with van der Waals surface area (Å²) < 4.78 is 2.22. The topological polar surface area (TPSA) is 66.4 Å². The van der Waals surface area contributed by atoms with Crippen molar-refractivity contribution >= 4 is 43.9 Å². The number of hydrogen-bond donors (Lipinski definition) is 2. The third kappa shape index (κ3) is 3.54. The Kier molecular flexibility index (Phi) is 3.91. The number of rotatable bonds is 5. The minimum Gasteiger partial charge on any atom is -0.481 e. The predicted molar refractivity (Wildman–Crippen MR) is 78.1 cm³/mol. The van der Waals surface area contributed by atoms with Crippen molar-refractivity contribution in [3.63, 3.8) is 0 Å². The van der Waals surface area contributed by atoms with E-state index in [2.05, 4.69) is 5.32 Å². The van der Waals surface area contributed by atoms with Gasteiger partial charge in [0.25, 0.3) is 5.91 Å². The van der Waals surface area contributed by atoms with Crippen LogP contribution in [0.2, 0.25) is 0 Å². The molecule has 2 aromatic heterocycles. The highest BCUT2D eigenvalue weighted by Crippen LogP contribution is 2.30. The number of carbonyl (C=O) groups excluding carboxylic acids is 1. The van der Waals surface area contributed by atoms with Crippen LogP contribution in [0, 0.1) is 0 Å². The molecule has 0 radical (unpaired) electrons. The van der Waals surface area contributed by atoms with E-state index in [0.29, 0.717) is 11.3 Å². The average molecular weight is 297 g/mol. The van der Waals surface area contributed by atoms with E-state index in [9.17, 15) is 9.59 Å². The predicted octanol–water partition coefficient (Wildman–Crippen LogP) is 3.34. The Morgan fingerprint density at radius 2 is 2.11 bits per heavy atom. The van der Waals surface area contributed by atoms with Crippen LogP contribution in [0.15, 0.2) is 17.5 Å². The van der Waals surface area contributed by atoms with E-state index in [0.717, 1.165) is 9.40 Å². The summed E-state index contributed by atoms with van der Waals surface area (Å²) in [6.07, 6.45) is 0.459. The number of fused-ring (bicyclic) bond motifs is 1. The second kappa shape index (κ2) is 5.30. The Balaban J connectivity index is 2.03. The molecule has 6 heteroatoms. The van der Waals surface area contributed by atoms with Crippen molar-refractivity contribution in [1.82, 2.24) is 5.32 Å². The quantitative estimate of drug-likeness (QED) is 0.889. The summed E-state index contributed by atoms with van der Waals surface area (Å²) in [6, 6.07) is 3.88. The second-order valence-electron chi connectivity index (χ2n) is 4.99. The van der Waals surface area contributed by atoms with Crippen LogP contribution in [-0.4, -0.2) is 22.5 Å². The van der Waals surface area contributed by atoms with Gasteiger partial charge >= 0.3 is 5.97 Å². The van der Waals surface area contributed by atoms with Crippen LogP contribution in [0.1, 0.15) is 36.4 Å². The van der Waals surface area contributed by atoms with Crippen LogP contribution in [0.3, 0.4) is 0 Å². The summed E-state index contributed by atoms with van der Waals surface area (Å²) >= 11 is 3.07. The van der Waals surface area contributed by atoms with Crippen LogP contribution >= 0.6 is 22.7 Å². The van der Waals surface area contributed by atoms with E-state index < -0.39 is 11.5 Å². The summed E-state index contributed by atoms with van der Waals surface area (Å²) in [7, 11) is 0. The normalized spacial score (nSPS) is 11.7. The smallest absolute Gasteiger partial charge is 0.303 e. The van der Waals surface area contributed by atoms with Gasteiger partial charge < -0.3 is 10.4 Å². The summed E-state index contributed by atoms with van der Waals surface area (Å²) in [5.74, 6) is -0.984. The summed E-state index contributed by atoms with van der Waals surface area (Å²) in [5.41, 5.74) is -0.521. The van der Waals surface area contributed by atoms with Crippen molar-refractivity contribution in [2.45, 2.75) is 32.2 Å². The van der Waals surface area contributed by atoms with Gasteiger partial charge in [0.05, 0.1) is 4.88 Å². The molecule has 19 heavy (non-hydrogen) atoms. The van der Waals surface area contributed by atoms with E-state index in [1.807, 2.05) is 31.4 Å². The molecule has 4 nitrogen and oxygen atoms in total. The third-order valence-electron chi connectivity index (χ3n) is 2.78. The minimum absolute atomic E-state index is 0.0484. The lowest BCUT2D eigenvalue weighted by Gasteiger charge is -2.25. The number of nitrogens with one attached hydrogen (secondary N) is 1. The van der Waals surface area contributed by atoms with E-state index in [1.54, 1.807) is 11.3 Å². The van der Waals surface area contributed by atoms with Gasteiger partial charge in [-0.05, 0) is 37.8 Å². The SMILES string of the molecule is CC(C)(CCC(=O)O)NC(=O)c1cc2sccc2s1. The van der Waals surface area contributed by atoms with Crippen LogP contribution < -0.4 is 5.32 Å². The molecule has 2 heterocycles. The van der Waals surface area contributed by atoms with Crippen molar-refractivity contribution in [3.8, 4) is 0 Å². The Morgan fingerprint density at radius 3 is 2.74 bits per heavy atom. The first kappa shape index (κ1) is 14.0. The molecule has 0 atom stereocenters. The van der Waals surface area contributed by atoms with Crippen molar-refractivity contribution < 1.29 is 14.7 Å². The first-order valence-corrected chi connectivity index (χ1v) is 7.58. The zero-order chi connectivity index (χ0) is 14.0. The molecule has 0 saturated carbocycles. The molecule has 0 aliphatic heterocycles. The number of carboxylic acid groups (broad SMARTS) is 1. The lowest BCUT2D eigenvalue weighted by Crippen LogP contribution is -2.43. The molecule has 0 saturated heterocycles. The Labute approximate surface area is 119 Å². The molecular weight excluding hydrogens is 282 g/mol. The maximum absolute atomic E-state index is 12.1. The molecule has 102 valence electrons. The van der Waals surface area contributed by atoms with E-state index in [1.165, 1.54) is 11.3 Å². The van der Waals surface area contributed by atoms with Crippen LogP contribution in [-0.2, 0) is 4.79 Å². The second-order valence-corrected chi connectivity index (χ2v) is 7.02. The van der Waals surface area contributed by atoms with Crippen molar-refractivity contribution in [2.75, 3.05) is 0 Å². The first-order chi connectivity index (χ1) is 8.87. The van der Waals surface area contributed by atoms with Gasteiger partial charge in [0, 0.05) is 21.4 Å². The van der Waals surface area contributed by atoms with Gasteiger partial charge in [-0.25, -0.2) is 0 Å². The Morgan fingerprint density at radius 1 is 1.37 bits per heavy atom. The molecule has 1 amide bonds. The number of hydrogen-bond acceptors (Lipinski definition) is 4. The maximum atomic E-state index is 12.1. The summed E-state index contributed by atoms with van der Waals surface area (Å²) in [5, 5.41) is 13.6. The number of carboxylic acids is 1. The van der Waals surface area contributed by atoms with Gasteiger partial charge in [0.15, 0.2) is 0 Å². The maximum Gasteiger partial charge on any atom is 0.303 e. The van der Waals surface area contributed by atoms with Crippen LogP contribution in [0.5, 0.6) is 0 Å². The van der Waals surface area contributed by atoms with E-state index in [4.69, 9.17) is 5.11 Å². The molecule has 0 bridgehead atoms. The summed E-state index contributed by atoms with van der Waals surface area (Å²) in [6.45, 7) is 3.67.